The van der Waals surface area contributed by atoms with Crippen LogP contribution in [-0.2, 0) is 14.2 Å². The zero-order chi connectivity index (χ0) is 16.7. The van der Waals surface area contributed by atoms with Crippen LogP contribution >= 0.6 is 0 Å². The molecule has 3 heteroatoms. The summed E-state index contributed by atoms with van der Waals surface area (Å²) in [6.45, 7) is 9.89. The maximum Gasteiger partial charge on any atom is 0.174 e. The van der Waals surface area contributed by atoms with Crippen molar-refractivity contribution >= 4 is 0 Å². The molecule has 0 saturated carbocycles. The number of hydrogen-bond donors (Lipinski definition) is 0. The molecule has 0 radical (unpaired) electrons. The van der Waals surface area contributed by atoms with Gasteiger partial charge in [-0.1, -0.05) is 39.5 Å². The van der Waals surface area contributed by atoms with E-state index in [0.717, 1.165) is 38.9 Å². The Balaban J connectivity index is 2.01. The summed E-state index contributed by atoms with van der Waals surface area (Å²) in [6, 6.07) is 0. The molecule has 2 rings (SSSR count). The van der Waals surface area contributed by atoms with Crippen molar-refractivity contribution in [1.29, 1.82) is 0 Å². The highest BCUT2D eigenvalue weighted by Crippen LogP contribution is 2.28. The molecular weight excluding hydrogens is 288 g/mol. The summed E-state index contributed by atoms with van der Waals surface area (Å²) >= 11 is 0. The van der Waals surface area contributed by atoms with E-state index < -0.39 is 0 Å². The predicted octanol–water partition coefficient (Wildman–Crippen LogP) is 3.83. The van der Waals surface area contributed by atoms with E-state index in [-0.39, 0.29) is 24.4 Å². The molecule has 0 aromatic heterocycles. The Labute approximate surface area is 141 Å². The Morgan fingerprint density at radius 1 is 0.783 bits per heavy atom. The zero-order valence-electron chi connectivity index (χ0n) is 14.9. The predicted molar refractivity (Wildman–Crippen MR) is 91.2 cm³/mol. The van der Waals surface area contributed by atoms with Crippen molar-refractivity contribution in [3.63, 3.8) is 0 Å². The summed E-state index contributed by atoms with van der Waals surface area (Å²) in [7, 11) is 0. The molecular formula is C20H30O3. The lowest BCUT2D eigenvalue weighted by atomic mass is 9.98. The fourth-order valence-electron chi connectivity index (χ4n) is 2.74. The van der Waals surface area contributed by atoms with Gasteiger partial charge in [0.1, 0.15) is 0 Å². The standard InChI is InChI=1S/C20H30O3/c1-15(2)9-11-17-7-5-13-21-19(17)23-20-18(8-6-14-22-20)12-10-16(3)4/h15-20H,5-8,13-14H2,1-4H3. The van der Waals surface area contributed by atoms with Crippen LogP contribution in [0.3, 0.4) is 0 Å². The Kier molecular flexibility index (Phi) is 7.44. The summed E-state index contributed by atoms with van der Waals surface area (Å²) in [4.78, 5) is 0. The number of hydrogen-bond acceptors (Lipinski definition) is 3. The van der Waals surface area contributed by atoms with Crippen molar-refractivity contribution in [2.45, 2.75) is 66.0 Å². The van der Waals surface area contributed by atoms with Crippen molar-refractivity contribution in [2.75, 3.05) is 13.2 Å². The fraction of sp³-hybridized carbons (Fsp3) is 0.800. The van der Waals surface area contributed by atoms with Gasteiger partial charge in [0.2, 0.25) is 0 Å². The fourth-order valence-corrected chi connectivity index (χ4v) is 2.74. The van der Waals surface area contributed by atoms with E-state index in [9.17, 15) is 0 Å². The summed E-state index contributed by atoms with van der Waals surface area (Å²) < 4.78 is 17.9. The van der Waals surface area contributed by atoms with E-state index >= 15 is 0 Å². The summed E-state index contributed by atoms with van der Waals surface area (Å²) in [5.41, 5.74) is 0. The van der Waals surface area contributed by atoms with Crippen molar-refractivity contribution in [3.05, 3.63) is 0 Å². The molecule has 0 bridgehead atoms. The van der Waals surface area contributed by atoms with Crippen LogP contribution < -0.4 is 0 Å². The number of ether oxygens (including phenoxy) is 3. The van der Waals surface area contributed by atoms with Gasteiger partial charge in [-0.2, -0.15) is 0 Å². The van der Waals surface area contributed by atoms with Gasteiger partial charge in [0.25, 0.3) is 0 Å². The van der Waals surface area contributed by atoms with Crippen LogP contribution in [0.2, 0.25) is 0 Å². The topological polar surface area (TPSA) is 27.7 Å². The van der Waals surface area contributed by atoms with Crippen LogP contribution in [-0.4, -0.2) is 25.8 Å². The first kappa shape index (κ1) is 18.3. The van der Waals surface area contributed by atoms with Gasteiger partial charge >= 0.3 is 0 Å². The molecule has 2 saturated heterocycles. The highest BCUT2D eigenvalue weighted by molar-refractivity contribution is 5.09. The van der Waals surface area contributed by atoms with Gasteiger partial charge in [-0.3, -0.25) is 0 Å². The minimum absolute atomic E-state index is 0.135. The average molecular weight is 318 g/mol. The van der Waals surface area contributed by atoms with E-state index in [1.165, 1.54) is 0 Å². The minimum Gasteiger partial charge on any atom is -0.351 e. The van der Waals surface area contributed by atoms with Crippen LogP contribution in [0.4, 0.5) is 0 Å². The lowest BCUT2D eigenvalue weighted by molar-refractivity contribution is -0.284. The molecule has 0 spiro atoms. The molecule has 3 nitrogen and oxygen atoms in total. The zero-order valence-corrected chi connectivity index (χ0v) is 14.9. The van der Waals surface area contributed by atoms with Crippen LogP contribution in [0.15, 0.2) is 0 Å². The van der Waals surface area contributed by atoms with E-state index in [1.54, 1.807) is 0 Å². The second-order valence-corrected chi connectivity index (χ2v) is 7.00. The first-order chi connectivity index (χ1) is 11.1. The van der Waals surface area contributed by atoms with Gasteiger partial charge in [-0.25, -0.2) is 0 Å². The summed E-state index contributed by atoms with van der Waals surface area (Å²) in [5.74, 6) is 14.2. The lowest BCUT2D eigenvalue weighted by Crippen LogP contribution is -2.40. The molecule has 0 aromatic rings. The Morgan fingerprint density at radius 3 is 1.61 bits per heavy atom. The SMILES string of the molecule is CC(C)C#CC1CCCOC1OC1OCCCC1C#CC(C)C. The second-order valence-electron chi connectivity index (χ2n) is 7.00. The Hall–Kier alpha value is -1.00. The first-order valence-corrected chi connectivity index (χ1v) is 8.97. The summed E-state index contributed by atoms with van der Waals surface area (Å²) in [6.07, 6.45) is 3.56. The van der Waals surface area contributed by atoms with Gasteiger partial charge in [0.05, 0.1) is 11.8 Å². The molecule has 0 aliphatic carbocycles. The molecule has 0 amide bonds. The lowest BCUT2D eigenvalue weighted by Gasteiger charge is -2.35. The largest absolute Gasteiger partial charge is 0.351 e. The third-order valence-corrected chi connectivity index (χ3v) is 3.92. The first-order valence-electron chi connectivity index (χ1n) is 8.97. The molecule has 0 aromatic carbocycles. The molecule has 0 N–H and O–H groups in total. The second kappa shape index (κ2) is 9.33. The summed E-state index contributed by atoms with van der Waals surface area (Å²) in [5, 5.41) is 0. The van der Waals surface area contributed by atoms with E-state index in [2.05, 4.69) is 51.4 Å². The maximum absolute atomic E-state index is 6.17. The van der Waals surface area contributed by atoms with Crippen LogP contribution in [0.25, 0.3) is 0 Å². The molecule has 2 fully saturated rings. The van der Waals surface area contributed by atoms with Crippen LogP contribution in [0.1, 0.15) is 53.4 Å². The monoisotopic (exact) mass is 318 g/mol. The maximum atomic E-state index is 6.17. The smallest absolute Gasteiger partial charge is 0.174 e. The average Bonchev–Trinajstić information content (AvgIpc) is 2.53. The normalized spacial score (nSPS) is 31.2. The van der Waals surface area contributed by atoms with Crippen molar-refractivity contribution in [3.8, 4) is 23.7 Å². The quantitative estimate of drug-likeness (QED) is 0.724. The molecule has 128 valence electrons. The molecule has 4 unspecified atom stereocenters. The molecule has 2 heterocycles. The van der Waals surface area contributed by atoms with Gasteiger partial charge in [-0.05, 0) is 25.7 Å². The van der Waals surface area contributed by atoms with E-state index in [1.807, 2.05) is 0 Å². The van der Waals surface area contributed by atoms with Gasteiger partial charge in [0, 0.05) is 25.0 Å². The third-order valence-electron chi connectivity index (χ3n) is 3.92. The minimum atomic E-state index is -0.290. The van der Waals surface area contributed by atoms with Gasteiger partial charge in [0.15, 0.2) is 12.6 Å². The van der Waals surface area contributed by atoms with Crippen molar-refractivity contribution in [2.24, 2.45) is 23.7 Å². The number of rotatable bonds is 2. The van der Waals surface area contributed by atoms with Crippen LogP contribution in [0, 0.1) is 47.4 Å². The highest BCUT2D eigenvalue weighted by Gasteiger charge is 2.33. The molecule has 4 atom stereocenters. The Morgan fingerprint density at radius 2 is 1.22 bits per heavy atom. The molecule has 2 aliphatic rings. The molecule has 2 aliphatic heterocycles. The van der Waals surface area contributed by atoms with E-state index in [0.29, 0.717) is 11.8 Å². The van der Waals surface area contributed by atoms with Crippen LogP contribution in [0.5, 0.6) is 0 Å². The highest BCUT2D eigenvalue weighted by atomic mass is 16.8. The molecule has 23 heavy (non-hydrogen) atoms. The Bertz CT molecular complexity index is 431. The van der Waals surface area contributed by atoms with Crippen molar-refractivity contribution in [1.82, 2.24) is 0 Å². The van der Waals surface area contributed by atoms with Gasteiger partial charge < -0.3 is 14.2 Å². The van der Waals surface area contributed by atoms with Gasteiger partial charge in [-0.15, -0.1) is 11.8 Å². The van der Waals surface area contributed by atoms with E-state index in [4.69, 9.17) is 14.2 Å². The van der Waals surface area contributed by atoms with Crippen molar-refractivity contribution < 1.29 is 14.2 Å². The third kappa shape index (κ3) is 6.19.